The van der Waals surface area contributed by atoms with Gasteiger partial charge in [0.25, 0.3) is 5.91 Å². The van der Waals surface area contributed by atoms with Crippen molar-refractivity contribution in [1.82, 2.24) is 10.3 Å². The number of carbonyl (C=O) groups excluding carboxylic acids is 1. The number of phenols is 1. The Kier molecular flexibility index (Phi) is 9.10. The molecule has 0 heterocycles. The first kappa shape index (κ1) is 26.2. The maximum absolute atomic E-state index is 12.3. The van der Waals surface area contributed by atoms with Crippen molar-refractivity contribution in [1.29, 1.82) is 0 Å². The van der Waals surface area contributed by atoms with Crippen molar-refractivity contribution in [2.24, 2.45) is 5.10 Å². The molecule has 4 aromatic rings. The molecule has 0 aliphatic heterocycles. The van der Waals surface area contributed by atoms with Crippen molar-refractivity contribution >= 4 is 34.5 Å². The summed E-state index contributed by atoms with van der Waals surface area (Å²) in [6.07, 6.45) is 1.58. The molecule has 0 aliphatic rings. The lowest BCUT2D eigenvalue weighted by Crippen LogP contribution is -2.30. The van der Waals surface area contributed by atoms with Crippen LogP contribution >= 0.6 is 11.6 Å². The van der Waals surface area contributed by atoms with E-state index < -0.39 is 5.91 Å². The van der Waals surface area contributed by atoms with E-state index >= 15 is 0 Å². The van der Waals surface area contributed by atoms with E-state index in [0.717, 1.165) is 28.6 Å². The Morgan fingerprint density at radius 1 is 1.00 bits per heavy atom. The van der Waals surface area contributed by atoms with Crippen LogP contribution in [0.3, 0.4) is 0 Å². The minimum Gasteiger partial charge on any atom is -0.506 e. The second-order valence-corrected chi connectivity index (χ2v) is 8.80. The van der Waals surface area contributed by atoms with E-state index in [1.54, 1.807) is 6.21 Å². The third-order valence-corrected chi connectivity index (χ3v) is 6.13. The molecule has 7 nitrogen and oxygen atoms in total. The predicted octanol–water partition coefficient (Wildman–Crippen LogP) is 5.08. The summed E-state index contributed by atoms with van der Waals surface area (Å²) in [5.41, 5.74) is 4.78. The number of amides is 1. The number of fused-ring (bicyclic) bond motifs is 1. The molecule has 1 amide bonds. The van der Waals surface area contributed by atoms with Gasteiger partial charge >= 0.3 is 0 Å². The summed E-state index contributed by atoms with van der Waals surface area (Å²) in [4.78, 5) is 14.5. The molecule has 0 radical (unpaired) electrons. The van der Waals surface area contributed by atoms with Gasteiger partial charge in [0, 0.05) is 37.6 Å². The van der Waals surface area contributed by atoms with Crippen LogP contribution < -0.4 is 10.2 Å². The summed E-state index contributed by atoms with van der Waals surface area (Å²) < 4.78 is 6.14. The van der Waals surface area contributed by atoms with E-state index in [1.165, 1.54) is 23.8 Å². The zero-order valence-electron chi connectivity index (χ0n) is 20.2. The summed E-state index contributed by atoms with van der Waals surface area (Å²) in [7, 11) is 0. The fourth-order valence-electron chi connectivity index (χ4n) is 3.94. The highest BCUT2D eigenvalue weighted by atomic mass is 35.5. The van der Waals surface area contributed by atoms with Crippen LogP contribution in [-0.2, 0) is 6.54 Å². The van der Waals surface area contributed by atoms with Crippen molar-refractivity contribution in [3.63, 3.8) is 0 Å². The predicted molar refractivity (Wildman–Crippen MR) is 149 cm³/mol. The monoisotopic (exact) mass is 519 g/mol. The van der Waals surface area contributed by atoms with E-state index in [2.05, 4.69) is 27.6 Å². The molecule has 3 N–H and O–H groups in total. The lowest BCUT2D eigenvalue weighted by atomic mass is 10.0. The number of hydrazone groups is 1. The number of ether oxygens (including phenoxy) is 1. The van der Waals surface area contributed by atoms with Crippen molar-refractivity contribution in [2.75, 3.05) is 26.3 Å². The molecule has 4 rings (SSSR count). The van der Waals surface area contributed by atoms with Gasteiger partial charge in [-0.15, -0.1) is 0 Å². The number of aliphatic hydroxyl groups is 1. The maximum Gasteiger partial charge on any atom is 0.271 e. The molecule has 0 saturated heterocycles. The first-order valence-electron chi connectivity index (χ1n) is 11.9. The van der Waals surface area contributed by atoms with Crippen molar-refractivity contribution in [3.05, 3.63) is 107 Å². The highest BCUT2D eigenvalue weighted by Crippen LogP contribution is 2.28. The number of carbonyl (C=O) groups is 1. The fraction of sp³-hybridized carbons (Fsp3) is 0.172. The summed E-state index contributed by atoms with van der Waals surface area (Å²) in [6, 6.07) is 26.0. The Balaban J connectivity index is 0.00000400. The number of benzene rings is 4. The Morgan fingerprint density at radius 3 is 2.51 bits per heavy atom. The molecule has 0 bridgehead atoms. The topological polar surface area (TPSA) is 94.4 Å². The molecule has 0 unspecified atom stereocenters. The van der Waals surface area contributed by atoms with Crippen LogP contribution in [0, 0.1) is 0 Å². The average molecular weight is 520 g/mol. The zero-order chi connectivity index (χ0) is 26.0. The van der Waals surface area contributed by atoms with Gasteiger partial charge in [0.05, 0.1) is 17.8 Å². The fourth-order valence-corrected chi connectivity index (χ4v) is 4.12. The van der Waals surface area contributed by atoms with Gasteiger partial charge in [0.1, 0.15) is 18.1 Å². The van der Waals surface area contributed by atoms with Gasteiger partial charge in [0.2, 0.25) is 0 Å². The Hall–Kier alpha value is -3.91. The van der Waals surface area contributed by atoms with Gasteiger partial charge in [0.15, 0.2) is 0 Å². The van der Waals surface area contributed by atoms with E-state index in [1.807, 2.05) is 54.6 Å². The quantitative estimate of drug-likeness (QED) is 0.190. The largest absolute Gasteiger partial charge is 0.506 e. The first-order chi connectivity index (χ1) is 18.0. The molecule has 192 valence electrons. The van der Waals surface area contributed by atoms with E-state index in [9.17, 15) is 15.0 Å². The van der Waals surface area contributed by atoms with Crippen molar-refractivity contribution in [2.45, 2.75) is 6.54 Å². The second kappa shape index (κ2) is 12.9. The summed E-state index contributed by atoms with van der Waals surface area (Å²) in [5.74, 6) is 0.220. The minimum atomic E-state index is -0.439. The van der Waals surface area contributed by atoms with Crippen LogP contribution in [0.1, 0.15) is 22.9 Å². The normalized spacial score (nSPS) is 11.3. The molecule has 0 spiro atoms. The van der Waals surface area contributed by atoms with Crippen molar-refractivity contribution < 1.29 is 21.2 Å². The molecular weight excluding hydrogens is 490 g/mol. The molecule has 0 saturated carbocycles. The van der Waals surface area contributed by atoms with Gasteiger partial charge in [-0.1, -0.05) is 66.2 Å². The molecule has 37 heavy (non-hydrogen) atoms. The van der Waals surface area contributed by atoms with E-state index in [-0.39, 0.29) is 24.4 Å². The van der Waals surface area contributed by atoms with Crippen LogP contribution in [0.5, 0.6) is 11.5 Å². The number of rotatable bonds is 11. The molecule has 8 heteroatoms. The van der Waals surface area contributed by atoms with Crippen molar-refractivity contribution in [3.8, 4) is 11.5 Å². The molecule has 0 aliphatic carbocycles. The number of nitrogens with zero attached hydrogens (tertiary/aromatic N) is 2. The molecule has 0 atom stereocenters. The SMILES string of the molecule is O=C(N/N=C/c1ccc(OCCN(CCO)Cc2ccccc2)c2ccccc12)c1ccc(O)c(Cl)c1.[HH]. The zero-order valence-corrected chi connectivity index (χ0v) is 20.9. The van der Waals surface area contributed by atoms with E-state index in [4.69, 9.17) is 16.3 Å². The highest BCUT2D eigenvalue weighted by Gasteiger charge is 2.10. The number of aromatic hydroxyl groups is 1. The molecule has 0 aromatic heterocycles. The van der Waals surface area contributed by atoms with Crippen LogP contribution in [0.15, 0.2) is 90.0 Å². The van der Waals surface area contributed by atoms with Crippen LogP contribution in [0.2, 0.25) is 5.02 Å². The van der Waals surface area contributed by atoms with Gasteiger partial charge in [-0.05, 0) is 41.3 Å². The number of hydrogen-bond acceptors (Lipinski definition) is 6. The van der Waals surface area contributed by atoms with Crippen LogP contribution in [0.4, 0.5) is 0 Å². The Bertz CT molecular complexity index is 1390. The Morgan fingerprint density at radius 2 is 1.76 bits per heavy atom. The van der Waals surface area contributed by atoms with Crippen LogP contribution in [-0.4, -0.2) is 53.5 Å². The Labute approximate surface area is 222 Å². The third-order valence-electron chi connectivity index (χ3n) is 5.83. The van der Waals surface area contributed by atoms with Gasteiger partial charge in [-0.2, -0.15) is 5.10 Å². The average Bonchev–Trinajstić information content (AvgIpc) is 2.91. The lowest BCUT2D eigenvalue weighted by Gasteiger charge is -2.22. The number of halogens is 1. The standard InChI is InChI=1S/C29H28ClN3O4.H2/c30-26-18-22(10-12-27(26)35)29(36)32-31-19-23-11-13-28(25-9-5-4-8-24(23)25)37-17-15-33(14-16-34)20-21-6-2-1-3-7-21;/h1-13,18-19,34-35H,14-17,20H2,(H,32,36);1H/b31-19+;. The number of hydrogen-bond donors (Lipinski definition) is 3. The van der Waals surface area contributed by atoms with Crippen LogP contribution in [0.25, 0.3) is 10.8 Å². The second-order valence-electron chi connectivity index (χ2n) is 8.40. The molecular formula is C29H30ClN3O4. The summed E-state index contributed by atoms with van der Waals surface area (Å²) >= 11 is 5.88. The van der Waals surface area contributed by atoms with E-state index in [0.29, 0.717) is 19.7 Å². The number of nitrogens with one attached hydrogen (secondary N) is 1. The maximum atomic E-state index is 12.3. The molecule has 4 aromatic carbocycles. The molecule has 0 fully saturated rings. The lowest BCUT2D eigenvalue weighted by molar-refractivity contribution is 0.0955. The summed E-state index contributed by atoms with van der Waals surface area (Å²) in [5, 5.41) is 25.0. The minimum absolute atomic E-state index is 0. The number of aliphatic hydroxyl groups excluding tert-OH is 1. The van der Waals surface area contributed by atoms with Gasteiger partial charge in [-0.25, -0.2) is 5.43 Å². The first-order valence-corrected chi connectivity index (χ1v) is 12.3. The summed E-state index contributed by atoms with van der Waals surface area (Å²) in [6.45, 7) is 2.52. The smallest absolute Gasteiger partial charge is 0.271 e. The number of phenolic OH excluding ortho intramolecular Hbond substituents is 1. The van der Waals surface area contributed by atoms with Gasteiger partial charge < -0.3 is 14.9 Å². The van der Waals surface area contributed by atoms with Gasteiger partial charge in [-0.3, -0.25) is 9.69 Å². The highest BCUT2D eigenvalue weighted by molar-refractivity contribution is 6.32. The third kappa shape index (κ3) is 7.07.